The van der Waals surface area contributed by atoms with Crippen molar-refractivity contribution in [2.24, 2.45) is 0 Å². The number of halogens is 1. The van der Waals surface area contributed by atoms with E-state index in [-0.39, 0.29) is 17.0 Å². The number of ether oxygens (including phenoxy) is 1. The highest BCUT2D eigenvalue weighted by molar-refractivity contribution is 5.63. The molecule has 1 heterocycles. The Bertz CT molecular complexity index is 678. The molecular formula is C15H16FN3O2. The van der Waals surface area contributed by atoms with Gasteiger partial charge in [-0.15, -0.1) is 0 Å². The van der Waals surface area contributed by atoms with Gasteiger partial charge in [-0.25, -0.2) is 4.39 Å². The van der Waals surface area contributed by atoms with Crippen LogP contribution in [0.15, 0.2) is 22.7 Å². The van der Waals surface area contributed by atoms with Crippen LogP contribution in [-0.4, -0.2) is 16.7 Å². The summed E-state index contributed by atoms with van der Waals surface area (Å²) in [5.74, 6) is -0.117. The van der Waals surface area contributed by atoms with E-state index in [2.05, 4.69) is 10.1 Å². The lowest BCUT2D eigenvalue weighted by atomic mass is 10.0. The zero-order valence-electron chi connectivity index (χ0n) is 12.2. The van der Waals surface area contributed by atoms with Crippen molar-refractivity contribution in [3.8, 4) is 17.5 Å². The van der Waals surface area contributed by atoms with Crippen molar-refractivity contribution in [1.82, 2.24) is 10.1 Å². The van der Waals surface area contributed by atoms with Gasteiger partial charge in [0.25, 0.3) is 5.89 Å². The third-order valence-corrected chi connectivity index (χ3v) is 3.39. The van der Waals surface area contributed by atoms with E-state index in [1.54, 1.807) is 6.07 Å². The molecule has 0 N–H and O–H groups in total. The maximum atomic E-state index is 13.6. The fraction of sp³-hybridized carbons (Fsp3) is 0.400. The molecule has 1 unspecified atom stereocenters. The molecule has 0 fully saturated rings. The van der Waals surface area contributed by atoms with Gasteiger partial charge in [-0.3, -0.25) is 0 Å². The molecule has 5 nitrogen and oxygen atoms in total. The molecule has 1 aromatic heterocycles. The van der Waals surface area contributed by atoms with Crippen molar-refractivity contribution < 1.29 is 13.7 Å². The lowest BCUT2D eigenvalue weighted by Crippen LogP contribution is -2.26. The molecule has 0 saturated heterocycles. The molecule has 0 amide bonds. The quantitative estimate of drug-likeness (QED) is 0.843. The van der Waals surface area contributed by atoms with E-state index in [0.717, 1.165) is 0 Å². The van der Waals surface area contributed by atoms with Crippen LogP contribution in [0.5, 0.6) is 0 Å². The summed E-state index contributed by atoms with van der Waals surface area (Å²) in [6.07, 6.45) is 0.661. The van der Waals surface area contributed by atoms with Crippen LogP contribution in [0.2, 0.25) is 0 Å². The minimum Gasteiger partial charge on any atom is -0.367 e. The van der Waals surface area contributed by atoms with Crippen molar-refractivity contribution in [2.75, 3.05) is 6.61 Å². The molecule has 0 aliphatic heterocycles. The van der Waals surface area contributed by atoms with E-state index >= 15 is 0 Å². The number of hydrogen-bond acceptors (Lipinski definition) is 5. The highest BCUT2D eigenvalue weighted by Gasteiger charge is 2.31. The Morgan fingerprint density at radius 2 is 2.19 bits per heavy atom. The van der Waals surface area contributed by atoms with Crippen molar-refractivity contribution >= 4 is 0 Å². The molecule has 1 atom stereocenters. The summed E-state index contributed by atoms with van der Waals surface area (Å²) < 4.78 is 24.5. The number of nitriles is 1. The number of rotatable bonds is 5. The fourth-order valence-electron chi connectivity index (χ4n) is 2.01. The standard InChI is InChI=1S/C15H16FN3O2/c1-4-15(3,20-5-2)14-18-13(21-19-14)10-7-6-8-12(16)11(10)9-17/h6-8H,4-5H2,1-3H3. The van der Waals surface area contributed by atoms with E-state index in [0.29, 0.717) is 18.9 Å². The molecule has 110 valence electrons. The Labute approximate surface area is 122 Å². The van der Waals surface area contributed by atoms with Gasteiger partial charge >= 0.3 is 0 Å². The topological polar surface area (TPSA) is 71.9 Å². The van der Waals surface area contributed by atoms with E-state index in [1.165, 1.54) is 12.1 Å². The molecule has 0 spiro atoms. The van der Waals surface area contributed by atoms with E-state index in [4.69, 9.17) is 14.5 Å². The van der Waals surface area contributed by atoms with Crippen molar-refractivity contribution in [1.29, 1.82) is 5.26 Å². The summed E-state index contributed by atoms with van der Waals surface area (Å²) in [6.45, 7) is 6.21. The molecule has 2 rings (SSSR count). The van der Waals surface area contributed by atoms with Crippen LogP contribution >= 0.6 is 0 Å². The molecule has 0 aliphatic carbocycles. The second-order valence-corrected chi connectivity index (χ2v) is 4.71. The monoisotopic (exact) mass is 289 g/mol. The summed E-state index contributed by atoms with van der Waals surface area (Å²) in [7, 11) is 0. The highest BCUT2D eigenvalue weighted by atomic mass is 19.1. The second kappa shape index (κ2) is 6.02. The van der Waals surface area contributed by atoms with Gasteiger partial charge in [-0.1, -0.05) is 18.1 Å². The maximum Gasteiger partial charge on any atom is 0.259 e. The molecule has 1 aromatic carbocycles. The van der Waals surface area contributed by atoms with Gasteiger partial charge in [0.15, 0.2) is 0 Å². The lowest BCUT2D eigenvalue weighted by Gasteiger charge is -2.23. The Morgan fingerprint density at radius 1 is 1.43 bits per heavy atom. The SMILES string of the molecule is CCOC(C)(CC)c1noc(-c2cccc(F)c2C#N)n1. The van der Waals surface area contributed by atoms with Crippen LogP contribution < -0.4 is 0 Å². The minimum absolute atomic E-state index is 0.109. The van der Waals surface area contributed by atoms with Gasteiger partial charge in [-0.05, 0) is 32.4 Å². The van der Waals surface area contributed by atoms with Gasteiger partial charge in [0.2, 0.25) is 5.82 Å². The Kier molecular flexibility index (Phi) is 4.34. The van der Waals surface area contributed by atoms with E-state index in [9.17, 15) is 4.39 Å². The third kappa shape index (κ3) is 2.78. The first kappa shape index (κ1) is 15.1. The average molecular weight is 289 g/mol. The normalized spacial score (nSPS) is 13.7. The smallest absolute Gasteiger partial charge is 0.259 e. The molecule has 0 aliphatic rings. The van der Waals surface area contributed by atoms with Crippen LogP contribution in [0.1, 0.15) is 38.6 Å². The van der Waals surface area contributed by atoms with Crippen molar-refractivity contribution in [2.45, 2.75) is 32.8 Å². The lowest BCUT2D eigenvalue weighted by molar-refractivity contribution is -0.0403. The van der Waals surface area contributed by atoms with Crippen LogP contribution in [-0.2, 0) is 10.3 Å². The zero-order valence-corrected chi connectivity index (χ0v) is 12.2. The summed E-state index contributed by atoms with van der Waals surface area (Å²) in [5, 5.41) is 13.0. The van der Waals surface area contributed by atoms with Crippen LogP contribution in [0.3, 0.4) is 0 Å². The highest BCUT2D eigenvalue weighted by Crippen LogP contribution is 2.30. The first-order valence-corrected chi connectivity index (χ1v) is 6.72. The molecule has 2 aromatic rings. The van der Waals surface area contributed by atoms with Crippen molar-refractivity contribution in [3.63, 3.8) is 0 Å². The van der Waals surface area contributed by atoms with E-state index < -0.39 is 11.4 Å². The average Bonchev–Trinajstić information content (AvgIpc) is 2.97. The predicted octanol–water partition coefficient (Wildman–Crippen LogP) is 3.41. The van der Waals surface area contributed by atoms with Crippen LogP contribution in [0.4, 0.5) is 4.39 Å². The minimum atomic E-state index is -0.670. The summed E-state index contributed by atoms with van der Waals surface area (Å²) in [6, 6.07) is 6.10. The first-order chi connectivity index (χ1) is 10.1. The molecule has 6 heteroatoms. The van der Waals surface area contributed by atoms with Gasteiger partial charge in [0.05, 0.1) is 5.56 Å². The summed E-state index contributed by atoms with van der Waals surface area (Å²) >= 11 is 0. The number of nitrogens with zero attached hydrogens (tertiary/aromatic N) is 3. The van der Waals surface area contributed by atoms with Crippen LogP contribution in [0, 0.1) is 17.1 Å². The molecular weight excluding hydrogens is 273 g/mol. The number of hydrogen-bond donors (Lipinski definition) is 0. The predicted molar refractivity (Wildman–Crippen MR) is 73.7 cm³/mol. The molecule has 0 bridgehead atoms. The number of benzene rings is 1. The Balaban J connectivity index is 2.46. The molecule has 0 radical (unpaired) electrons. The van der Waals surface area contributed by atoms with Gasteiger partial charge in [-0.2, -0.15) is 10.2 Å². The summed E-state index contributed by atoms with van der Waals surface area (Å²) in [4.78, 5) is 4.27. The van der Waals surface area contributed by atoms with Gasteiger partial charge in [0.1, 0.15) is 23.1 Å². The van der Waals surface area contributed by atoms with Crippen LogP contribution in [0.25, 0.3) is 11.5 Å². The number of aromatic nitrogens is 2. The largest absolute Gasteiger partial charge is 0.367 e. The van der Waals surface area contributed by atoms with Crippen molar-refractivity contribution in [3.05, 3.63) is 35.4 Å². The third-order valence-electron chi connectivity index (χ3n) is 3.39. The molecule has 21 heavy (non-hydrogen) atoms. The first-order valence-electron chi connectivity index (χ1n) is 6.72. The Morgan fingerprint density at radius 3 is 2.81 bits per heavy atom. The maximum absolute atomic E-state index is 13.6. The van der Waals surface area contributed by atoms with Gasteiger partial charge in [0, 0.05) is 6.61 Å². The van der Waals surface area contributed by atoms with Gasteiger partial charge < -0.3 is 9.26 Å². The Hall–Kier alpha value is -2.26. The second-order valence-electron chi connectivity index (χ2n) is 4.71. The zero-order chi connectivity index (χ0) is 15.5. The summed E-state index contributed by atoms with van der Waals surface area (Å²) in [5.41, 5.74) is -0.495. The fourth-order valence-corrected chi connectivity index (χ4v) is 2.01. The van der Waals surface area contributed by atoms with E-state index in [1.807, 2.05) is 26.8 Å². The molecule has 0 saturated carbocycles.